The minimum Gasteiger partial charge on any atom is -0.0843 e. The molecule has 1 atom stereocenters. The van der Waals surface area contributed by atoms with Gasteiger partial charge in [0.2, 0.25) is 0 Å². The Hall–Kier alpha value is -4.13. The molecule has 5 aromatic rings. The lowest BCUT2D eigenvalue weighted by molar-refractivity contribution is 0.796. The van der Waals surface area contributed by atoms with Crippen molar-refractivity contribution in [2.24, 2.45) is 0 Å². The average Bonchev–Trinajstić information content (AvgIpc) is 3.44. The van der Waals surface area contributed by atoms with E-state index in [9.17, 15) is 0 Å². The molecule has 0 heterocycles. The second kappa shape index (κ2) is 8.72. The van der Waals surface area contributed by atoms with Crippen molar-refractivity contribution in [3.05, 3.63) is 171 Å². The van der Waals surface area contributed by atoms with Gasteiger partial charge in [-0.15, -0.1) is 0 Å². The van der Waals surface area contributed by atoms with Crippen LogP contribution in [0.15, 0.2) is 133 Å². The quantitative estimate of drug-likeness (QED) is 0.223. The minimum atomic E-state index is -0.460. The molecule has 0 radical (unpaired) electrons. The van der Waals surface area contributed by atoms with Gasteiger partial charge in [-0.05, 0) is 92.8 Å². The van der Waals surface area contributed by atoms with E-state index in [4.69, 9.17) is 11.6 Å². The summed E-state index contributed by atoms with van der Waals surface area (Å²) < 4.78 is 0. The van der Waals surface area contributed by atoms with Gasteiger partial charge in [0.05, 0.1) is 5.41 Å². The summed E-state index contributed by atoms with van der Waals surface area (Å²) in [6.45, 7) is 4.57. The fraction of sp³-hybridized carbons (Fsp3) is 0.0811. The first-order chi connectivity index (χ1) is 18.6. The lowest BCUT2D eigenvalue weighted by Gasteiger charge is -2.33. The molecule has 1 spiro atoms. The molecule has 0 saturated carbocycles. The third kappa shape index (κ3) is 3.11. The molecule has 1 heteroatoms. The summed E-state index contributed by atoms with van der Waals surface area (Å²) in [7, 11) is 0. The number of allylic oxidation sites excluding steroid dienone is 4. The molecular formula is C37H27Cl. The summed E-state index contributed by atoms with van der Waals surface area (Å²) in [5, 5.41) is 0.766. The molecule has 0 nitrogen and oxygen atoms in total. The molecule has 0 N–H and O–H groups in total. The van der Waals surface area contributed by atoms with E-state index in [2.05, 4.69) is 135 Å². The number of halogens is 1. The van der Waals surface area contributed by atoms with Gasteiger partial charge >= 0.3 is 0 Å². The van der Waals surface area contributed by atoms with Crippen LogP contribution in [0.5, 0.6) is 0 Å². The smallest absolute Gasteiger partial charge is 0.0728 e. The van der Waals surface area contributed by atoms with E-state index in [0.717, 1.165) is 5.02 Å². The van der Waals surface area contributed by atoms with Gasteiger partial charge in [-0.3, -0.25) is 0 Å². The topological polar surface area (TPSA) is 0 Å². The van der Waals surface area contributed by atoms with Crippen molar-refractivity contribution in [1.82, 2.24) is 0 Å². The van der Waals surface area contributed by atoms with Gasteiger partial charge in [0.15, 0.2) is 0 Å². The standard InChI is InChI=1S/C37H27Cl/c1-24(26-13-5-3-6-14-26)35-31-18-10-12-20-33(31)37(36(35)25(2)27-15-7-4-8-16-27)32-19-11-9-17-29(32)30-22-21-28(38)23-34(30)37/h3-23H,1-2H3/b35-24+,36-25?. The molecule has 5 aromatic carbocycles. The number of hydrogen-bond acceptors (Lipinski definition) is 0. The molecule has 2 aliphatic carbocycles. The van der Waals surface area contributed by atoms with Crippen LogP contribution in [-0.4, -0.2) is 0 Å². The van der Waals surface area contributed by atoms with E-state index in [1.54, 1.807) is 0 Å². The fourth-order valence-electron chi connectivity index (χ4n) is 6.82. The highest BCUT2D eigenvalue weighted by Crippen LogP contribution is 2.66. The van der Waals surface area contributed by atoms with Gasteiger partial charge in [0.1, 0.15) is 0 Å². The van der Waals surface area contributed by atoms with Crippen LogP contribution in [0.2, 0.25) is 5.02 Å². The van der Waals surface area contributed by atoms with Crippen LogP contribution in [0.4, 0.5) is 0 Å². The van der Waals surface area contributed by atoms with E-state index in [-0.39, 0.29) is 0 Å². The summed E-state index contributed by atoms with van der Waals surface area (Å²) in [5.41, 5.74) is 15.0. The zero-order valence-corrected chi connectivity index (χ0v) is 22.3. The summed E-state index contributed by atoms with van der Waals surface area (Å²) in [6, 6.07) is 45.9. The molecule has 0 saturated heterocycles. The van der Waals surface area contributed by atoms with Gasteiger partial charge in [0, 0.05) is 5.02 Å². The van der Waals surface area contributed by atoms with Crippen molar-refractivity contribution in [1.29, 1.82) is 0 Å². The summed E-state index contributed by atoms with van der Waals surface area (Å²) in [4.78, 5) is 0. The van der Waals surface area contributed by atoms with Crippen LogP contribution < -0.4 is 0 Å². The molecule has 38 heavy (non-hydrogen) atoms. The predicted molar refractivity (Wildman–Crippen MR) is 161 cm³/mol. The Balaban J connectivity index is 1.72. The highest BCUT2D eigenvalue weighted by atomic mass is 35.5. The van der Waals surface area contributed by atoms with E-state index in [0.29, 0.717) is 0 Å². The van der Waals surface area contributed by atoms with Crippen LogP contribution in [0.25, 0.3) is 27.8 Å². The Bertz CT molecular complexity index is 1770. The number of benzene rings is 5. The summed E-state index contributed by atoms with van der Waals surface area (Å²) in [6.07, 6.45) is 0. The molecule has 1 unspecified atom stereocenters. The van der Waals surface area contributed by atoms with E-state index in [1.807, 2.05) is 6.07 Å². The Morgan fingerprint density at radius 2 is 1.00 bits per heavy atom. The lowest BCUT2D eigenvalue weighted by atomic mass is 9.68. The predicted octanol–water partition coefficient (Wildman–Crippen LogP) is 10.1. The molecule has 0 amide bonds. The van der Waals surface area contributed by atoms with Crippen LogP contribution in [0.3, 0.4) is 0 Å². The maximum Gasteiger partial charge on any atom is 0.0728 e. The highest BCUT2D eigenvalue weighted by Gasteiger charge is 2.54. The number of fused-ring (bicyclic) bond motifs is 7. The first-order valence-corrected chi connectivity index (χ1v) is 13.5. The fourth-order valence-corrected chi connectivity index (χ4v) is 6.99. The van der Waals surface area contributed by atoms with E-state index >= 15 is 0 Å². The number of rotatable bonds is 2. The second-order valence-corrected chi connectivity index (χ2v) is 10.7. The molecule has 7 rings (SSSR count). The van der Waals surface area contributed by atoms with Crippen LogP contribution in [0, 0.1) is 0 Å². The Morgan fingerprint density at radius 3 is 1.66 bits per heavy atom. The second-order valence-electron chi connectivity index (χ2n) is 10.3. The molecule has 0 bridgehead atoms. The van der Waals surface area contributed by atoms with Crippen molar-refractivity contribution in [2.45, 2.75) is 19.3 Å². The van der Waals surface area contributed by atoms with Crippen LogP contribution >= 0.6 is 11.6 Å². The molecule has 0 aromatic heterocycles. The van der Waals surface area contributed by atoms with Crippen LogP contribution in [0.1, 0.15) is 47.2 Å². The van der Waals surface area contributed by atoms with Crippen molar-refractivity contribution in [3.63, 3.8) is 0 Å². The molecule has 2 aliphatic rings. The SMILES string of the molecule is CC(=C1/C(=C(\C)c2ccccc2)c2ccccc2C12c1ccccc1-c1ccc(Cl)cc12)c1ccccc1. The van der Waals surface area contributed by atoms with Crippen molar-refractivity contribution in [3.8, 4) is 11.1 Å². The van der Waals surface area contributed by atoms with Gasteiger partial charge in [-0.1, -0.05) is 127 Å². The molecule has 0 aliphatic heterocycles. The Morgan fingerprint density at radius 1 is 0.500 bits per heavy atom. The summed E-state index contributed by atoms with van der Waals surface area (Å²) in [5.74, 6) is 0. The van der Waals surface area contributed by atoms with Crippen LogP contribution in [-0.2, 0) is 5.41 Å². The highest BCUT2D eigenvalue weighted by molar-refractivity contribution is 6.31. The summed E-state index contributed by atoms with van der Waals surface area (Å²) >= 11 is 6.77. The van der Waals surface area contributed by atoms with Gasteiger partial charge in [-0.25, -0.2) is 0 Å². The van der Waals surface area contributed by atoms with Gasteiger partial charge in [-0.2, -0.15) is 0 Å². The average molecular weight is 507 g/mol. The zero-order chi connectivity index (χ0) is 25.9. The zero-order valence-electron chi connectivity index (χ0n) is 21.5. The monoisotopic (exact) mass is 506 g/mol. The van der Waals surface area contributed by atoms with Gasteiger partial charge in [0.25, 0.3) is 0 Å². The third-order valence-corrected chi connectivity index (χ3v) is 8.63. The largest absolute Gasteiger partial charge is 0.0843 e. The molecular weight excluding hydrogens is 480 g/mol. The number of hydrogen-bond donors (Lipinski definition) is 0. The Labute approximate surface area is 229 Å². The Kier molecular flexibility index (Phi) is 5.28. The van der Waals surface area contributed by atoms with Crippen molar-refractivity contribution >= 4 is 28.3 Å². The molecule has 0 fully saturated rings. The first-order valence-electron chi connectivity index (χ1n) is 13.2. The first kappa shape index (κ1) is 23.0. The minimum absolute atomic E-state index is 0.460. The normalized spacial score (nSPS) is 19.7. The van der Waals surface area contributed by atoms with E-state index < -0.39 is 5.41 Å². The van der Waals surface area contributed by atoms with Gasteiger partial charge < -0.3 is 0 Å². The lowest BCUT2D eigenvalue weighted by Crippen LogP contribution is -2.27. The third-order valence-electron chi connectivity index (χ3n) is 8.40. The molecule has 182 valence electrons. The van der Waals surface area contributed by atoms with E-state index in [1.165, 1.54) is 66.8 Å². The van der Waals surface area contributed by atoms with Crippen molar-refractivity contribution < 1.29 is 0 Å². The maximum absolute atomic E-state index is 6.77. The van der Waals surface area contributed by atoms with Crippen molar-refractivity contribution in [2.75, 3.05) is 0 Å². The maximum atomic E-state index is 6.77.